The molecule has 7 heteroatoms. The summed E-state index contributed by atoms with van der Waals surface area (Å²) in [5.41, 5.74) is 3.36. The van der Waals surface area contributed by atoms with Crippen molar-refractivity contribution in [1.82, 2.24) is 10.2 Å². The Hall–Kier alpha value is -3.48. The van der Waals surface area contributed by atoms with E-state index in [1.54, 1.807) is 24.3 Å². The summed E-state index contributed by atoms with van der Waals surface area (Å²) in [6.07, 6.45) is 2.13. The summed E-state index contributed by atoms with van der Waals surface area (Å²) in [5.74, 6) is -0.984. The van der Waals surface area contributed by atoms with E-state index in [0.29, 0.717) is 22.2 Å². The quantitative estimate of drug-likeness (QED) is 0.651. The molecule has 0 unspecified atom stereocenters. The number of aromatic amines is 1. The maximum absolute atomic E-state index is 12.4. The molecular weight excluding hydrogens is 370 g/mol. The monoisotopic (exact) mass is 391 g/mol. The van der Waals surface area contributed by atoms with Crippen LogP contribution in [0.25, 0.3) is 10.8 Å². The molecule has 1 heterocycles. The summed E-state index contributed by atoms with van der Waals surface area (Å²) < 4.78 is 5.28. The minimum atomic E-state index is -0.954. The van der Waals surface area contributed by atoms with Gasteiger partial charge in [-0.25, -0.2) is 5.10 Å². The predicted molar refractivity (Wildman–Crippen MR) is 109 cm³/mol. The van der Waals surface area contributed by atoms with Gasteiger partial charge in [-0.1, -0.05) is 24.3 Å². The lowest BCUT2D eigenvalue weighted by Gasteiger charge is -2.14. The zero-order valence-corrected chi connectivity index (χ0v) is 16.0. The number of anilines is 1. The Morgan fingerprint density at radius 1 is 1.14 bits per heavy atom. The van der Waals surface area contributed by atoms with E-state index in [9.17, 15) is 14.4 Å². The van der Waals surface area contributed by atoms with Crippen molar-refractivity contribution in [1.29, 1.82) is 0 Å². The van der Waals surface area contributed by atoms with Gasteiger partial charge in [0.1, 0.15) is 0 Å². The van der Waals surface area contributed by atoms with Crippen molar-refractivity contribution in [3.8, 4) is 0 Å². The second kappa shape index (κ2) is 7.87. The second-order valence-electron chi connectivity index (χ2n) is 7.18. The van der Waals surface area contributed by atoms with Gasteiger partial charge in [-0.3, -0.25) is 14.4 Å². The largest absolute Gasteiger partial charge is 0.452 e. The Kier molecular flexibility index (Phi) is 5.12. The van der Waals surface area contributed by atoms with Crippen LogP contribution < -0.4 is 10.9 Å². The number of amides is 1. The van der Waals surface area contributed by atoms with E-state index in [2.05, 4.69) is 15.5 Å². The van der Waals surface area contributed by atoms with E-state index in [-0.39, 0.29) is 12.0 Å². The normalized spacial score (nSPS) is 13.7. The van der Waals surface area contributed by atoms with Gasteiger partial charge in [-0.2, -0.15) is 5.10 Å². The van der Waals surface area contributed by atoms with Crippen LogP contribution in [0.2, 0.25) is 0 Å². The number of fused-ring (bicyclic) bond motifs is 2. The standard InChI is InChI=1S/C22H21N3O4/c1-13(21(27)23-16-10-9-14-5-4-6-15(14)11-16)29-20(26)12-19-17-7-2-3-8-18(17)22(28)25-24-19/h2-3,7-11,13H,4-6,12H2,1H3,(H,23,27)(H,25,28)/t13-/m1/s1. The molecule has 7 nitrogen and oxygen atoms in total. The third-order valence-corrected chi connectivity index (χ3v) is 5.13. The van der Waals surface area contributed by atoms with Gasteiger partial charge in [-0.15, -0.1) is 0 Å². The number of nitrogens with one attached hydrogen (secondary N) is 2. The van der Waals surface area contributed by atoms with Crippen LogP contribution in [0.15, 0.2) is 47.3 Å². The zero-order chi connectivity index (χ0) is 20.4. The molecule has 1 aromatic heterocycles. The van der Waals surface area contributed by atoms with E-state index >= 15 is 0 Å². The Bertz CT molecular complexity index is 1150. The van der Waals surface area contributed by atoms with Gasteiger partial charge in [-0.05, 0) is 55.5 Å². The van der Waals surface area contributed by atoms with E-state index in [4.69, 9.17) is 4.74 Å². The first-order valence-electron chi connectivity index (χ1n) is 9.60. The molecule has 4 rings (SSSR count). The van der Waals surface area contributed by atoms with Crippen molar-refractivity contribution in [3.63, 3.8) is 0 Å². The SMILES string of the molecule is C[C@@H](OC(=O)Cc1n[nH]c(=O)c2ccccc12)C(=O)Nc1ccc2c(c1)CCC2. The summed E-state index contributed by atoms with van der Waals surface area (Å²) >= 11 is 0. The van der Waals surface area contributed by atoms with Gasteiger partial charge < -0.3 is 10.1 Å². The van der Waals surface area contributed by atoms with Gasteiger partial charge >= 0.3 is 5.97 Å². The molecule has 0 saturated carbocycles. The summed E-state index contributed by atoms with van der Waals surface area (Å²) in [7, 11) is 0. The van der Waals surface area contributed by atoms with Crippen LogP contribution in [-0.4, -0.2) is 28.2 Å². The third-order valence-electron chi connectivity index (χ3n) is 5.13. The molecule has 2 aromatic carbocycles. The van der Waals surface area contributed by atoms with Gasteiger partial charge in [0.25, 0.3) is 11.5 Å². The van der Waals surface area contributed by atoms with Crippen molar-refractivity contribution in [3.05, 3.63) is 69.6 Å². The molecule has 1 aliphatic carbocycles. The minimum Gasteiger partial charge on any atom is -0.452 e. The molecule has 1 amide bonds. The van der Waals surface area contributed by atoms with Crippen LogP contribution in [0.3, 0.4) is 0 Å². The van der Waals surface area contributed by atoms with Crippen LogP contribution >= 0.6 is 0 Å². The highest BCUT2D eigenvalue weighted by Crippen LogP contribution is 2.25. The summed E-state index contributed by atoms with van der Waals surface area (Å²) in [6, 6.07) is 12.8. The molecule has 0 aliphatic heterocycles. The summed E-state index contributed by atoms with van der Waals surface area (Å²) in [4.78, 5) is 36.6. The molecule has 2 N–H and O–H groups in total. The van der Waals surface area contributed by atoms with Gasteiger partial charge in [0.15, 0.2) is 6.10 Å². The molecular formula is C22H21N3O4. The number of H-pyrrole nitrogens is 1. The lowest BCUT2D eigenvalue weighted by Crippen LogP contribution is -2.30. The molecule has 0 fully saturated rings. The molecule has 1 aliphatic rings. The average Bonchev–Trinajstić information content (AvgIpc) is 3.18. The highest BCUT2D eigenvalue weighted by atomic mass is 16.5. The van der Waals surface area contributed by atoms with Crippen LogP contribution in [-0.2, 0) is 33.6 Å². The number of benzene rings is 2. The van der Waals surface area contributed by atoms with E-state index in [0.717, 1.165) is 19.3 Å². The molecule has 3 aromatic rings. The van der Waals surface area contributed by atoms with Crippen LogP contribution in [0.1, 0.15) is 30.2 Å². The second-order valence-corrected chi connectivity index (χ2v) is 7.18. The number of esters is 1. The number of carbonyl (C=O) groups excluding carboxylic acids is 2. The van der Waals surface area contributed by atoms with E-state index < -0.39 is 18.0 Å². The maximum Gasteiger partial charge on any atom is 0.312 e. The number of nitrogens with zero attached hydrogens (tertiary/aromatic N) is 1. The predicted octanol–water partition coefficient (Wildman–Crippen LogP) is 2.52. The number of hydrogen-bond donors (Lipinski definition) is 2. The lowest BCUT2D eigenvalue weighted by molar-refractivity contribution is -0.152. The third kappa shape index (κ3) is 4.03. The average molecular weight is 391 g/mol. The van der Waals surface area contributed by atoms with Crippen molar-refractivity contribution in [2.24, 2.45) is 0 Å². The van der Waals surface area contributed by atoms with Crippen LogP contribution in [0.4, 0.5) is 5.69 Å². The molecule has 0 spiro atoms. The van der Waals surface area contributed by atoms with Crippen molar-refractivity contribution >= 4 is 28.3 Å². The fraction of sp³-hybridized carbons (Fsp3) is 0.273. The molecule has 0 radical (unpaired) electrons. The topological polar surface area (TPSA) is 101 Å². The number of carbonyl (C=O) groups is 2. The number of aromatic nitrogens is 2. The van der Waals surface area contributed by atoms with Crippen molar-refractivity contribution < 1.29 is 14.3 Å². The smallest absolute Gasteiger partial charge is 0.312 e. The Morgan fingerprint density at radius 3 is 2.72 bits per heavy atom. The first kappa shape index (κ1) is 18.9. The van der Waals surface area contributed by atoms with E-state index in [1.807, 2.05) is 18.2 Å². The van der Waals surface area contributed by atoms with Crippen molar-refractivity contribution in [2.45, 2.75) is 38.7 Å². The Balaban J connectivity index is 1.40. The van der Waals surface area contributed by atoms with E-state index in [1.165, 1.54) is 18.1 Å². The molecule has 29 heavy (non-hydrogen) atoms. The lowest BCUT2D eigenvalue weighted by atomic mass is 10.1. The summed E-state index contributed by atoms with van der Waals surface area (Å²) in [6.45, 7) is 1.53. The van der Waals surface area contributed by atoms with Crippen LogP contribution in [0.5, 0.6) is 0 Å². The highest BCUT2D eigenvalue weighted by Gasteiger charge is 2.20. The maximum atomic E-state index is 12.4. The fourth-order valence-electron chi connectivity index (χ4n) is 3.63. The molecule has 0 saturated heterocycles. The zero-order valence-electron chi connectivity index (χ0n) is 16.0. The number of rotatable bonds is 5. The van der Waals surface area contributed by atoms with Crippen LogP contribution in [0, 0.1) is 0 Å². The Labute approximate surface area is 167 Å². The van der Waals surface area contributed by atoms with Gasteiger partial charge in [0.05, 0.1) is 17.5 Å². The minimum absolute atomic E-state index is 0.145. The molecule has 148 valence electrons. The highest BCUT2D eigenvalue weighted by molar-refractivity contribution is 5.95. The number of ether oxygens (including phenoxy) is 1. The Morgan fingerprint density at radius 2 is 1.90 bits per heavy atom. The number of aryl methyl sites for hydroxylation is 2. The van der Waals surface area contributed by atoms with Gasteiger partial charge in [0.2, 0.25) is 0 Å². The first-order valence-corrected chi connectivity index (χ1v) is 9.60. The van der Waals surface area contributed by atoms with Gasteiger partial charge in [0, 0.05) is 11.1 Å². The molecule has 1 atom stereocenters. The van der Waals surface area contributed by atoms with Crippen molar-refractivity contribution in [2.75, 3.05) is 5.32 Å². The first-order chi connectivity index (χ1) is 14.0. The fourth-order valence-corrected chi connectivity index (χ4v) is 3.63. The summed E-state index contributed by atoms with van der Waals surface area (Å²) in [5, 5.41) is 10.2. The molecule has 0 bridgehead atoms. The number of hydrogen-bond acceptors (Lipinski definition) is 5.